The quantitative estimate of drug-likeness (QED) is 0.576. The van der Waals surface area contributed by atoms with E-state index < -0.39 is 11.7 Å². The van der Waals surface area contributed by atoms with Gasteiger partial charge in [-0.15, -0.1) is 0 Å². The molecule has 6 nitrogen and oxygen atoms in total. The van der Waals surface area contributed by atoms with Crippen molar-refractivity contribution in [1.82, 2.24) is 15.6 Å². The number of alkyl halides is 3. The first-order chi connectivity index (χ1) is 16.3. The van der Waals surface area contributed by atoms with Crippen LogP contribution in [0.5, 0.6) is 0 Å². The lowest BCUT2D eigenvalue weighted by Crippen LogP contribution is -2.47. The predicted molar refractivity (Wildman–Crippen MR) is 123 cm³/mol. The number of nitrogens with zero attached hydrogens (tertiary/aromatic N) is 2. The van der Waals surface area contributed by atoms with Crippen molar-refractivity contribution in [2.45, 2.75) is 31.5 Å². The Morgan fingerprint density at radius 1 is 0.971 bits per heavy atom. The molecule has 1 aliphatic rings. The Morgan fingerprint density at radius 2 is 1.71 bits per heavy atom. The van der Waals surface area contributed by atoms with Crippen molar-refractivity contribution in [1.29, 1.82) is 0 Å². The van der Waals surface area contributed by atoms with Gasteiger partial charge in [0.2, 0.25) is 11.8 Å². The van der Waals surface area contributed by atoms with E-state index in [9.17, 15) is 22.8 Å². The highest BCUT2D eigenvalue weighted by atomic mass is 19.4. The van der Waals surface area contributed by atoms with Crippen molar-refractivity contribution >= 4 is 28.4 Å². The Labute approximate surface area is 195 Å². The van der Waals surface area contributed by atoms with E-state index in [0.717, 1.165) is 28.6 Å². The molecule has 4 rings (SSSR count). The maximum atomic E-state index is 12.7. The van der Waals surface area contributed by atoms with E-state index >= 15 is 0 Å². The van der Waals surface area contributed by atoms with E-state index in [0.29, 0.717) is 31.7 Å². The summed E-state index contributed by atoms with van der Waals surface area (Å²) in [6.45, 7) is 1.03. The Kier molecular flexibility index (Phi) is 7.00. The lowest BCUT2D eigenvalue weighted by atomic mass is 10.0. The number of anilines is 1. The van der Waals surface area contributed by atoms with Crippen molar-refractivity contribution in [2.24, 2.45) is 0 Å². The molecule has 34 heavy (non-hydrogen) atoms. The molecule has 2 heterocycles. The number of rotatable bonds is 6. The summed E-state index contributed by atoms with van der Waals surface area (Å²) in [7, 11) is 0. The smallest absolute Gasteiger partial charge is 0.356 e. The Morgan fingerprint density at radius 3 is 2.41 bits per heavy atom. The Balaban J connectivity index is 1.21. The SMILES string of the molecule is O=C(Cc1cccc2ccccc12)NCC(=O)NC1CCN(c2ccc(C(F)(F)F)cn2)CC1. The van der Waals surface area contributed by atoms with Gasteiger partial charge < -0.3 is 15.5 Å². The highest BCUT2D eigenvalue weighted by Gasteiger charge is 2.31. The van der Waals surface area contributed by atoms with Crippen LogP contribution >= 0.6 is 0 Å². The molecule has 1 aliphatic heterocycles. The minimum Gasteiger partial charge on any atom is -0.356 e. The number of fused-ring (bicyclic) bond motifs is 1. The normalized spacial score (nSPS) is 14.7. The summed E-state index contributed by atoms with van der Waals surface area (Å²) in [5.74, 6) is -0.00875. The number of aromatic nitrogens is 1. The molecule has 0 radical (unpaired) electrons. The van der Waals surface area contributed by atoms with Gasteiger partial charge in [-0.05, 0) is 41.3 Å². The average Bonchev–Trinajstić information content (AvgIpc) is 2.83. The first-order valence-electron chi connectivity index (χ1n) is 11.1. The number of amides is 2. The van der Waals surface area contributed by atoms with Gasteiger partial charge in [-0.2, -0.15) is 13.2 Å². The Bertz CT molecular complexity index is 1150. The van der Waals surface area contributed by atoms with Crippen molar-refractivity contribution in [3.8, 4) is 0 Å². The first-order valence-corrected chi connectivity index (χ1v) is 11.1. The fraction of sp³-hybridized carbons (Fsp3) is 0.320. The average molecular weight is 470 g/mol. The number of carbonyl (C=O) groups excluding carboxylic acids is 2. The van der Waals surface area contributed by atoms with Gasteiger partial charge in [-0.3, -0.25) is 9.59 Å². The molecule has 1 fully saturated rings. The third kappa shape index (κ3) is 5.84. The van der Waals surface area contributed by atoms with Gasteiger partial charge in [0.05, 0.1) is 18.5 Å². The van der Waals surface area contributed by atoms with Crippen LogP contribution in [0.2, 0.25) is 0 Å². The number of halogens is 3. The summed E-state index contributed by atoms with van der Waals surface area (Å²) in [6.07, 6.45) is -2.11. The van der Waals surface area contributed by atoms with Crippen LogP contribution in [-0.2, 0) is 22.2 Å². The van der Waals surface area contributed by atoms with Crippen LogP contribution in [0, 0.1) is 0 Å². The second-order valence-electron chi connectivity index (χ2n) is 8.32. The summed E-state index contributed by atoms with van der Waals surface area (Å²) in [4.78, 5) is 30.5. The number of benzene rings is 2. The molecule has 1 aromatic heterocycles. The molecular formula is C25H25F3N4O2. The fourth-order valence-electron chi connectivity index (χ4n) is 4.13. The number of hydrogen-bond donors (Lipinski definition) is 2. The monoisotopic (exact) mass is 470 g/mol. The Hall–Kier alpha value is -3.62. The number of nitrogens with one attached hydrogen (secondary N) is 2. The predicted octanol–water partition coefficient (Wildman–Crippen LogP) is 3.70. The third-order valence-electron chi connectivity index (χ3n) is 5.94. The fourth-order valence-corrected chi connectivity index (χ4v) is 4.13. The van der Waals surface area contributed by atoms with Gasteiger partial charge in [0.1, 0.15) is 5.82 Å². The molecule has 0 unspecified atom stereocenters. The van der Waals surface area contributed by atoms with E-state index in [-0.39, 0.29) is 30.8 Å². The van der Waals surface area contributed by atoms with Crippen LogP contribution in [0.25, 0.3) is 10.8 Å². The molecule has 1 saturated heterocycles. The lowest BCUT2D eigenvalue weighted by Gasteiger charge is -2.33. The largest absolute Gasteiger partial charge is 0.417 e. The second kappa shape index (κ2) is 10.1. The first kappa shape index (κ1) is 23.5. The zero-order valence-electron chi connectivity index (χ0n) is 18.4. The highest BCUT2D eigenvalue weighted by molar-refractivity contribution is 5.91. The molecule has 2 amide bonds. The van der Waals surface area contributed by atoms with E-state index in [1.807, 2.05) is 47.4 Å². The molecule has 0 saturated carbocycles. The van der Waals surface area contributed by atoms with E-state index in [2.05, 4.69) is 15.6 Å². The number of pyridine rings is 1. The standard InChI is InChI=1S/C25H25F3N4O2/c26-25(27,28)19-8-9-22(29-15-19)32-12-10-20(11-13-32)31-24(34)16-30-23(33)14-18-6-3-5-17-4-1-2-7-21(17)18/h1-9,15,20H,10-14,16H2,(H,30,33)(H,31,34). The van der Waals surface area contributed by atoms with Crippen molar-refractivity contribution in [3.05, 3.63) is 71.9 Å². The minimum atomic E-state index is -4.41. The maximum absolute atomic E-state index is 12.7. The zero-order valence-corrected chi connectivity index (χ0v) is 18.4. The summed E-state index contributed by atoms with van der Waals surface area (Å²) < 4.78 is 38.1. The molecule has 178 valence electrons. The van der Waals surface area contributed by atoms with Gasteiger partial charge in [-0.25, -0.2) is 4.98 Å². The number of hydrogen-bond acceptors (Lipinski definition) is 4. The van der Waals surface area contributed by atoms with Crippen LogP contribution in [0.3, 0.4) is 0 Å². The topological polar surface area (TPSA) is 74.3 Å². The van der Waals surface area contributed by atoms with Crippen LogP contribution in [-0.4, -0.2) is 42.5 Å². The molecule has 0 bridgehead atoms. The van der Waals surface area contributed by atoms with Gasteiger partial charge in [0.25, 0.3) is 0 Å². The summed E-state index contributed by atoms with van der Waals surface area (Å²) in [6, 6.07) is 16.0. The minimum absolute atomic E-state index is 0.0619. The molecule has 2 N–H and O–H groups in total. The lowest BCUT2D eigenvalue weighted by molar-refractivity contribution is -0.137. The van der Waals surface area contributed by atoms with Gasteiger partial charge in [0, 0.05) is 25.3 Å². The molecule has 3 aromatic rings. The van der Waals surface area contributed by atoms with E-state index in [4.69, 9.17) is 0 Å². The highest BCUT2D eigenvalue weighted by Crippen LogP contribution is 2.29. The molecule has 2 aromatic carbocycles. The molecular weight excluding hydrogens is 445 g/mol. The van der Waals surface area contributed by atoms with Crippen LogP contribution in [0.4, 0.5) is 19.0 Å². The number of piperidine rings is 1. The van der Waals surface area contributed by atoms with Gasteiger partial charge >= 0.3 is 6.18 Å². The van der Waals surface area contributed by atoms with Gasteiger partial charge in [0.15, 0.2) is 0 Å². The second-order valence-corrected chi connectivity index (χ2v) is 8.32. The van der Waals surface area contributed by atoms with Crippen LogP contribution in [0.1, 0.15) is 24.0 Å². The van der Waals surface area contributed by atoms with Crippen molar-refractivity contribution < 1.29 is 22.8 Å². The van der Waals surface area contributed by atoms with Gasteiger partial charge in [-0.1, -0.05) is 42.5 Å². The maximum Gasteiger partial charge on any atom is 0.417 e. The zero-order chi connectivity index (χ0) is 24.1. The number of carbonyl (C=O) groups is 2. The van der Waals surface area contributed by atoms with Crippen LogP contribution < -0.4 is 15.5 Å². The van der Waals surface area contributed by atoms with Crippen molar-refractivity contribution in [2.75, 3.05) is 24.5 Å². The van der Waals surface area contributed by atoms with E-state index in [1.54, 1.807) is 0 Å². The molecule has 9 heteroatoms. The summed E-state index contributed by atoms with van der Waals surface area (Å²) in [5.41, 5.74) is 0.126. The molecule has 0 spiro atoms. The summed E-state index contributed by atoms with van der Waals surface area (Å²) in [5, 5.41) is 7.66. The molecule has 0 atom stereocenters. The molecule has 0 aliphatic carbocycles. The van der Waals surface area contributed by atoms with Crippen LogP contribution in [0.15, 0.2) is 60.8 Å². The van der Waals surface area contributed by atoms with E-state index in [1.165, 1.54) is 6.07 Å². The third-order valence-corrected chi connectivity index (χ3v) is 5.94. The summed E-state index contributed by atoms with van der Waals surface area (Å²) >= 11 is 0. The van der Waals surface area contributed by atoms with Crippen molar-refractivity contribution in [3.63, 3.8) is 0 Å².